The summed E-state index contributed by atoms with van der Waals surface area (Å²) in [5, 5.41) is 3.41. The molecule has 0 amide bonds. The molecule has 1 aliphatic rings. The topological polar surface area (TPSA) is 63.6 Å². The number of hydrogen-bond donors (Lipinski definition) is 1. The van der Waals surface area contributed by atoms with Gasteiger partial charge in [0.25, 0.3) is 0 Å². The summed E-state index contributed by atoms with van der Waals surface area (Å²) in [6.07, 6.45) is 1.32. The Kier molecular flexibility index (Phi) is 13.8. The van der Waals surface area contributed by atoms with Crippen molar-refractivity contribution in [2.75, 3.05) is 20.1 Å². The number of carbonyl (C=O) groups excluding carboxylic acids is 1. The lowest BCUT2D eigenvalue weighted by Crippen LogP contribution is -2.30. The van der Waals surface area contributed by atoms with Crippen LogP contribution in [0.15, 0.2) is 59.9 Å². The lowest BCUT2D eigenvalue weighted by Gasteiger charge is -2.24. The molecule has 8 heteroatoms. The molecule has 0 radical (unpaired) electrons. The van der Waals surface area contributed by atoms with Crippen molar-refractivity contribution in [3.05, 3.63) is 104 Å². The van der Waals surface area contributed by atoms with E-state index >= 15 is 0 Å². The molecule has 1 aromatic heterocycles. The maximum absolute atomic E-state index is 13.5. The van der Waals surface area contributed by atoms with Gasteiger partial charge in [0.05, 0.1) is 5.02 Å². The Hall–Kier alpha value is -3.26. The Balaban J connectivity index is 0.00000134. The van der Waals surface area contributed by atoms with E-state index in [1.807, 2.05) is 74.5 Å². The lowest BCUT2D eigenvalue weighted by atomic mass is 10.0. The molecule has 0 aliphatic carbocycles. The lowest BCUT2D eigenvalue weighted by molar-refractivity contribution is 0.110. The zero-order valence-electron chi connectivity index (χ0n) is 24.2. The summed E-state index contributed by atoms with van der Waals surface area (Å²) in [5.41, 5.74) is 3.65. The number of nitrogens with zero attached hydrogens (tertiary/aromatic N) is 2. The summed E-state index contributed by atoms with van der Waals surface area (Å²) in [6.45, 7) is 15.0. The zero-order chi connectivity index (χ0) is 29.7. The van der Waals surface area contributed by atoms with Crippen LogP contribution in [0, 0.1) is 5.82 Å². The van der Waals surface area contributed by atoms with Gasteiger partial charge in [0.1, 0.15) is 18.1 Å². The molecule has 1 N–H and O–H groups in total. The van der Waals surface area contributed by atoms with Crippen LogP contribution in [0.25, 0.3) is 5.57 Å². The average molecular weight is 570 g/mol. The summed E-state index contributed by atoms with van der Waals surface area (Å²) >= 11 is 5.93. The number of carbonyl (C=O) groups is 1. The van der Waals surface area contributed by atoms with Crippen LogP contribution in [-0.4, -0.2) is 35.9 Å². The van der Waals surface area contributed by atoms with E-state index in [0.717, 1.165) is 22.4 Å². The van der Waals surface area contributed by atoms with Crippen LogP contribution in [-0.2, 0) is 26.2 Å². The van der Waals surface area contributed by atoms with Crippen LogP contribution in [0.5, 0.6) is 5.75 Å². The number of hydrogen-bond acceptors (Lipinski definition) is 5. The summed E-state index contributed by atoms with van der Waals surface area (Å²) in [4.78, 5) is 27.9. The third-order valence-corrected chi connectivity index (χ3v) is 6.59. The summed E-state index contributed by atoms with van der Waals surface area (Å²) in [7, 11) is 1.93. The molecule has 0 saturated heterocycles. The molecule has 1 aliphatic heterocycles. The Bertz CT molecular complexity index is 1330. The van der Waals surface area contributed by atoms with Crippen LogP contribution < -0.4 is 15.5 Å². The smallest absolute Gasteiger partial charge is 0.231 e. The summed E-state index contributed by atoms with van der Waals surface area (Å²) in [5.74, 6) is -0.408. The van der Waals surface area contributed by atoms with E-state index in [4.69, 9.17) is 16.3 Å². The molecule has 40 heavy (non-hydrogen) atoms. The third-order valence-electron chi connectivity index (χ3n) is 6.30. The molecule has 2 aromatic carbocycles. The number of aldehydes is 1. The number of ether oxygens (including phenoxy) is 1. The first-order valence-corrected chi connectivity index (χ1v) is 14.2. The van der Waals surface area contributed by atoms with Gasteiger partial charge < -0.3 is 19.5 Å². The molecule has 0 bridgehead atoms. The quantitative estimate of drug-likeness (QED) is 0.290. The Morgan fingerprint density at radius 3 is 2.48 bits per heavy atom. The van der Waals surface area contributed by atoms with E-state index in [0.29, 0.717) is 51.0 Å². The molecule has 6 nitrogen and oxygen atoms in total. The highest BCUT2D eigenvalue weighted by atomic mass is 35.5. The molecular formula is C32H41ClFN3O3. The SMILES string of the molecule is C=C1CCNCc2c1c(=O)c(OCc1ccccc1)c(C=O)n2CCN(C)Cc1ccc(F)c(Cl)c1.CC.CC. The van der Waals surface area contributed by atoms with Gasteiger partial charge in [0, 0.05) is 37.4 Å². The van der Waals surface area contributed by atoms with Gasteiger partial charge in [-0.05, 0) is 48.8 Å². The van der Waals surface area contributed by atoms with Crippen LogP contribution in [0.2, 0.25) is 5.02 Å². The second-order valence-electron chi connectivity index (χ2n) is 8.93. The summed E-state index contributed by atoms with van der Waals surface area (Å²) < 4.78 is 21.4. The van der Waals surface area contributed by atoms with Gasteiger partial charge in [-0.1, -0.05) is 82.3 Å². The molecule has 3 aromatic rings. The molecule has 0 saturated carbocycles. The maximum atomic E-state index is 13.5. The van der Waals surface area contributed by atoms with Crippen molar-refractivity contribution in [1.82, 2.24) is 14.8 Å². The van der Waals surface area contributed by atoms with Crippen molar-refractivity contribution >= 4 is 23.5 Å². The standard InChI is InChI=1S/C28H29ClFN3O3.2C2H6/c1-19-10-11-31-15-24-26(19)27(35)28(36-18-20-6-4-3-5-7-20)25(17-34)33(24)13-12-32(2)16-21-8-9-23(30)22(29)14-21;2*1-2/h3-9,14,17,31H,1,10-13,15-16,18H2,2H3;2*1-2H3. The first-order valence-electron chi connectivity index (χ1n) is 13.8. The monoisotopic (exact) mass is 569 g/mol. The fourth-order valence-corrected chi connectivity index (χ4v) is 4.63. The number of halogens is 2. The number of aromatic nitrogens is 1. The highest BCUT2D eigenvalue weighted by Gasteiger charge is 2.25. The number of fused-ring (bicyclic) bond motifs is 1. The van der Waals surface area contributed by atoms with Crippen LogP contribution in [0.3, 0.4) is 0 Å². The first kappa shape index (κ1) is 32.9. The van der Waals surface area contributed by atoms with Gasteiger partial charge in [0.2, 0.25) is 5.43 Å². The van der Waals surface area contributed by atoms with Crippen molar-refractivity contribution in [2.24, 2.45) is 0 Å². The Morgan fingerprint density at radius 2 is 1.82 bits per heavy atom. The zero-order valence-corrected chi connectivity index (χ0v) is 25.0. The molecule has 0 unspecified atom stereocenters. The van der Waals surface area contributed by atoms with Crippen molar-refractivity contribution in [1.29, 1.82) is 0 Å². The van der Waals surface area contributed by atoms with Crippen molar-refractivity contribution in [3.8, 4) is 5.75 Å². The molecule has 0 fully saturated rings. The number of likely N-dealkylation sites (N-methyl/N-ethyl adjacent to an activating group) is 1. The van der Waals surface area contributed by atoms with Gasteiger partial charge in [-0.15, -0.1) is 0 Å². The fraction of sp³-hybridized carbons (Fsp3) is 0.375. The van der Waals surface area contributed by atoms with Gasteiger partial charge >= 0.3 is 0 Å². The maximum Gasteiger partial charge on any atom is 0.231 e. The molecule has 0 spiro atoms. The van der Waals surface area contributed by atoms with E-state index in [9.17, 15) is 14.0 Å². The molecule has 2 heterocycles. The predicted molar refractivity (Wildman–Crippen MR) is 163 cm³/mol. The van der Waals surface area contributed by atoms with Crippen LogP contribution in [0.4, 0.5) is 4.39 Å². The van der Waals surface area contributed by atoms with Crippen molar-refractivity contribution < 1.29 is 13.9 Å². The molecule has 216 valence electrons. The fourth-order valence-electron chi connectivity index (χ4n) is 4.42. The van der Waals surface area contributed by atoms with E-state index < -0.39 is 5.82 Å². The van der Waals surface area contributed by atoms with Crippen LogP contribution >= 0.6 is 11.6 Å². The van der Waals surface area contributed by atoms with E-state index in [1.165, 1.54) is 6.07 Å². The van der Waals surface area contributed by atoms with Gasteiger partial charge in [-0.3, -0.25) is 9.59 Å². The van der Waals surface area contributed by atoms with E-state index in [-0.39, 0.29) is 28.5 Å². The first-order chi connectivity index (χ1) is 19.4. The third kappa shape index (κ3) is 8.37. The average Bonchev–Trinajstić information content (AvgIpc) is 3.18. The van der Waals surface area contributed by atoms with Crippen molar-refractivity contribution in [3.63, 3.8) is 0 Å². The minimum absolute atomic E-state index is 0.0450. The van der Waals surface area contributed by atoms with Gasteiger partial charge in [-0.2, -0.15) is 0 Å². The van der Waals surface area contributed by atoms with Crippen LogP contribution in [0.1, 0.15) is 67.0 Å². The molecule has 4 rings (SSSR count). The minimum atomic E-state index is -0.453. The highest BCUT2D eigenvalue weighted by Crippen LogP contribution is 2.26. The summed E-state index contributed by atoms with van der Waals surface area (Å²) in [6, 6.07) is 14.2. The number of benzene rings is 2. The Labute approximate surface area is 242 Å². The largest absolute Gasteiger partial charge is 0.483 e. The number of pyridine rings is 1. The normalized spacial score (nSPS) is 12.3. The molecular weight excluding hydrogens is 529 g/mol. The molecule has 0 atom stereocenters. The second-order valence-corrected chi connectivity index (χ2v) is 9.33. The Morgan fingerprint density at radius 1 is 1.12 bits per heavy atom. The van der Waals surface area contributed by atoms with E-state index in [1.54, 1.807) is 12.1 Å². The number of rotatable bonds is 9. The highest BCUT2D eigenvalue weighted by molar-refractivity contribution is 6.30. The van der Waals surface area contributed by atoms with Crippen molar-refractivity contribution in [2.45, 2.75) is 60.4 Å². The van der Waals surface area contributed by atoms with Gasteiger partial charge in [0.15, 0.2) is 12.0 Å². The number of nitrogens with one attached hydrogen (secondary N) is 1. The minimum Gasteiger partial charge on any atom is -0.483 e. The second kappa shape index (κ2) is 16.8. The van der Waals surface area contributed by atoms with Gasteiger partial charge in [-0.25, -0.2) is 4.39 Å². The van der Waals surface area contributed by atoms with E-state index in [2.05, 4.69) is 11.9 Å². The predicted octanol–water partition coefficient (Wildman–Crippen LogP) is 6.72.